The number of alkyl halides is 1. The number of ether oxygens (including phenoxy) is 2. The Morgan fingerprint density at radius 1 is 1.00 bits per heavy atom. The maximum atomic E-state index is 5.35. The Kier molecular flexibility index (Phi) is 5.71. The van der Waals surface area contributed by atoms with E-state index in [-0.39, 0.29) is 4.83 Å². The van der Waals surface area contributed by atoms with E-state index in [2.05, 4.69) is 63.0 Å². The van der Waals surface area contributed by atoms with E-state index >= 15 is 0 Å². The second-order valence-corrected chi connectivity index (χ2v) is 6.83. The Hall–Kier alpha value is -1.00. The van der Waals surface area contributed by atoms with Crippen molar-refractivity contribution < 1.29 is 9.47 Å². The van der Waals surface area contributed by atoms with Gasteiger partial charge in [-0.25, -0.2) is 0 Å². The molecule has 0 aliphatic heterocycles. The van der Waals surface area contributed by atoms with Crippen molar-refractivity contribution in [1.29, 1.82) is 0 Å². The summed E-state index contributed by atoms with van der Waals surface area (Å²) in [4.78, 5) is 0.266. The summed E-state index contributed by atoms with van der Waals surface area (Å²) in [6.45, 7) is 2.10. The van der Waals surface area contributed by atoms with Gasteiger partial charge in [0.1, 0.15) is 0 Å². The maximum absolute atomic E-state index is 5.35. The average Bonchev–Trinajstić information content (AvgIpc) is 2.49. The van der Waals surface area contributed by atoms with Crippen molar-refractivity contribution in [3.8, 4) is 11.5 Å². The molecule has 0 heterocycles. The van der Waals surface area contributed by atoms with E-state index < -0.39 is 0 Å². The smallest absolute Gasteiger partial charge is 0.160 e. The molecule has 0 saturated heterocycles. The Labute approximate surface area is 142 Å². The van der Waals surface area contributed by atoms with Gasteiger partial charge in [-0.1, -0.05) is 50.1 Å². The lowest BCUT2D eigenvalue weighted by atomic mass is 10.0. The summed E-state index contributed by atoms with van der Waals surface area (Å²) < 4.78 is 11.8. The molecule has 0 N–H and O–H groups in total. The summed E-state index contributed by atoms with van der Waals surface area (Å²) in [6.07, 6.45) is 0.890. The standard InChI is InChI=1S/C17H18Br2O2/c1-11-8-13(5-6-14(11)18)15(19)9-12-4-7-16(20-2)17(10-12)21-3/h4-8,10,15H,9H2,1-3H3. The van der Waals surface area contributed by atoms with E-state index in [4.69, 9.17) is 9.47 Å². The van der Waals surface area contributed by atoms with Crippen molar-refractivity contribution in [2.24, 2.45) is 0 Å². The van der Waals surface area contributed by atoms with E-state index in [1.165, 1.54) is 16.7 Å². The van der Waals surface area contributed by atoms with Crippen LogP contribution < -0.4 is 9.47 Å². The molecule has 21 heavy (non-hydrogen) atoms. The number of hydrogen-bond acceptors (Lipinski definition) is 2. The molecule has 0 radical (unpaired) electrons. The first-order chi connectivity index (χ1) is 10.0. The minimum absolute atomic E-state index is 0.266. The molecule has 2 aromatic rings. The van der Waals surface area contributed by atoms with Gasteiger partial charge in [0.05, 0.1) is 14.2 Å². The Bertz CT molecular complexity index is 626. The van der Waals surface area contributed by atoms with Gasteiger partial charge in [-0.05, 0) is 48.2 Å². The van der Waals surface area contributed by atoms with Gasteiger partial charge in [-0.15, -0.1) is 0 Å². The first-order valence-electron chi connectivity index (χ1n) is 6.66. The highest BCUT2D eigenvalue weighted by molar-refractivity contribution is 9.10. The Morgan fingerprint density at radius 3 is 2.33 bits per heavy atom. The third-order valence-electron chi connectivity index (χ3n) is 3.41. The average molecular weight is 414 g/mol. The van der Waals surface area contributed by atoms with Crippen LogP contribution in [-0.4, -0.2) is 14.2 Å². The van der Waals surface area contributed by atoms with E-state index in [1.807, 2.05) is 12.1 Å². The molecule has 0 aliphatic carbocycles. The number of hydrogen-bond donors (Lipinski definition) is 0. The molecule has 1 atom stereocenters. The molecule has 2 rings (SSSR count). The zero-order valence-electron chi connectivity index (χ0n) is 12.3. The third kappa shape index (κ3) is 4.01. The monoisotopic (exact) mass is 412 g/mol. The first-order valence-corrected chi connectivity index (χ1v) is 8.37. The van der Waals surface area contributed by atoms with Crippen molar-refractivity contribution >= 4 is 31.9 Å². The lowest BCUT2D eigenvalue weighted by Crippen LogP contribution is -1.98. The molecule has 0 fully saturated rings. The number of rotatable bonds is 5. The Morgan fingerprint density at radius 2 is 1.71 bits per heavy atom. The second kappa shape index (κ2) is 7.32. The predicted molar refractivity (Wildman–Crippen MR) is 93.8 cm³/mol. The van der Waals surface area contributed by atoms with E-state index in [0.717, 1.165) is 22.4 Å². The fourth-order valence-corrected chi connectivity index (χ4v) is 3.10. The summed E-state index contributed by atoms with van der Waals surface area (Å²) >= 11 is 7.31. The third-order valence-corrected chi connectivity index (χ3v) is 5.15. The van der Waals surface area contributed by atoms with Crippen molar-refractivity contribution in [3.05, 3.63) is 57.6 Å². The van der Waals surface area contributed by atoms with Gasteiger partial charge in [-0.3, -0.25) is 0 Å². The molecule has 112 valence electrons. The van der Waals surface area contributed by atoms with Crippen LogP contribution in [0.2, 0.25) is 0 Å². The van der Waals surface area contributed by atoms with Gasteiger partial charge in [0.15, 0.2) is 11.5 Å². The topological polar surface area (TPSA) is 18.5 Å². The molecular weight excluding hydrogens is 396 g/mol. The number of halogens is 2. The van der Waals surface area contributed by atoms with Crippen LogP contribution in [0.1, 0.15) is 21.5 Å². The summed E-state index contributed by atoms with van der Waals surface area (Å²) in [5.74, 6) is 1.52. The first kappa shape index (κ1) is 16.4. The summed E-state index contributed by atoms with van der Waals surface area (Å²) in [7, 11) is 3.31. The largest absolute Gasteiger partial charge is 0.493 e. The highest BCUT2D eigenvalue weighted by Crippen LogP contribution is 2.33. The van der Waals surface area contributed by atoms with Crippen molar-refractivity contribution in [1.82, 2.24) is 0 Å². The van der Waals surface area contributed by atoms with Crippen LogP contribution in [0, 0.1) is 6.92 Å². The molecule has 0 bridgehead atoms. The molecule has 2 nitrogen and oxygen atoms in total. The van der Waals surface area contributed by atoms with E-state index in [9.17, 15) is 0 Å². The lowest BCUT2D eigenvalue weighted by molar-refractivity contribution is 0.354. The molecule has 0 aromatic heterocycles. The van der Waals surface area contributed by atoms with Crippen LogP contribution in [-0.2, 0) is 6.42 Å². The maximum Gasteiger partial charge on any atom is 0.160 e. The number of methoxy groups -OCH3 is 2. The summed E-state index contributed by atoms with van der Waals surface area (Å²) in [5, 5.41) is 0. The predicted octanol–water partition coefficient (Wildman–Crippen LogP) is 5.45. The lowest BCUT2D eigenvalue weighted by Gasteiger charge is -2.14. The van der Waals surface area contributed by atoms with Crippen LogP contribution in [0.4, 0.5) is 0 Å². The van der Waals surface area contributed by atoms with Gasteiger partial charge in [0.2, 0.25) is 0 Å². The SMILES string of the molecule is COc1ccc(CC(Br)c2ccc(Br)c(C)c2)cc1OC. The van der Waals surface area contributed by atoms with Crippen LogP contribution in [0.3, 0.4) is 0 Å². The minimum Gasteiger partial charge on any atom is -0.493 e. The van der Waals surface area contributed by atoms with Crippen molar-refractivity contribution in [3.63, 3.8) is 0 Å². The second-order valence-electron chi connectivity index (χ2n) is 4.87. The molecule has 0 spiro atoms. The highest BCUT2D eigenvalue weighted by Gasteiger charge is 2.12. The van der Waals surface area contributed by atoms with Crippen LogP contribution >= 0.6 is 31.9 Å². The van der Waals surface area contributed by atoms with Crippen molar-refractivity contribution in [2.75, 3.05) is 14.2 Å². The minimum atomic E-state index is 0.266. The molecule has 2 aromatic carbocycles. The summed E-state index contributed by atoms with van der Waals surface area (Å²) in [6, 6.07) is 12.5. The fourth-order valence-electron chi connectivity index (χ4n) is 2.20. The Balaban J connectivity index is 2.18. The van der Waals surface area contributed by atoms with Gasteiger partial charge < -0.3 is 9.47 Å². The number of benzene rings is 2. The molecule has 0 saturated carbocycles. The molecule has 0 aliphatic rings. The van der Waals surface area contributed by atoms with Crippen LogP contribution in [0.5, 0.6) is 11.5 Å². The molecule has 0 amide bonds. The zero-order chi connectivity index (χ0) is 15.4. The van der Waals surface area contributed by atoms with Gasteiger partial charge in [0.25, 0.3) is 0 Å². The van der Waals surface area contributed by atoms with Gasteiger partial charge in [-0.2, -0.15) is 0 Å². The number of aryl methyl sites for hydroxylation is 1. The van der Waals surface area contributed by atoms with Crippen LogP contribution in [0.25, 0.3) is 0 Å². The van der Waals surface area contributed by atoms with E-state index in [0.29, 0.717) is 0 Å². The van der Waals surface area contributed by atoms with E-state index in [1.54, 1.807) is 14.2 Å². The molecular formula is C17H18Br2O2. The molecule has 1 unspecified atom stereocenters. The summed E-state index contributed by atoms with van der Waals surface area (Å²) in [5.41, 5.74) is 3.71. The van der Waals surface area contributed by atoms with Crippen molar-refractivity contribution in [2.45, 2.75) is 18.2 Å². The normalized spacial score (nSPS) is 12.0. The highest BCUT2D eigenvalue weighted by atomic mass is 79.9. The quantitative estimate of drug-likeness (QED) is 0.606. The zero-order valence-corrected chi connectivity index (χ0v) is 15.5. The van der Waals surface area contributed by atoms with Gasteiger partial charge in [0, 0.05) is 9.30 Å². The molecule has 4 heteroatoms. The van der Waals surface area contributed by atoms with Gasteiger partial charge >= 0.3 is 0 Å². The van der Waals surface area contributed by atoms with Crippen LogP contribution in [0.15, 0.2) is 40.9 Å². The fraction of sp³-hybridized carbons (Fsp3) is 0.294.